The molecule has 0 unspecified atom stereocenters. The van der Waals surface area contributed by atoms with Crippen LogP contribution >= 0.6 is 11.6 Å². The van der Waals surface area contributed by atoms with Gasteiger partial charge in [-0.25, -0.2) is 8.42 Å². The number of aryl methyl sites for hydroxylation is 1. The lowest BCUT2D eigenvalue weighted by Crippen LogP contribution is -2.38. The van der Waals surface area contributed by atoms with E-state index in [0.29, 0.717) is 17.1 Å². The van der Waals surface area contributed by atoms with Crippen molar-refractivity contribution in [2.75, 3.05) is 24.7 Å². The van der Waals surface area contributed by atoms with Gasteiger partial charge in [-0.3, -0.25) is 4.79 Å². The van der Waals surface area contributed by atoms with Crippen LogP contribution in [0, 0.1) is 0 Å². The predicted molar refractivity (Wildman–Crippen MR) is 106 cm³/mol. The smallest absolute Gasteiger partial charge is 0.239 e. The summed E-state index contributed by atoms with van der Waals surface area (Å²) in [4.78, 5) is 12.4. The summed E-state index contributed by atoms with van der Waals surface area (Å²) in [5, 5.41) is 3.40. The first-order valence-corrected chi connectivity index (χ1v) is 10.6. The van der Waals surface area contributed by atoms with E-state index in [-0.39, 0.29) is 19.0 Å². The average molecular weight is 395 g/mol. The third kappa shape index (κ3) is 6.12. The molecular formula is C19H23ClN2O3S. The van der Waals surface area contributed by atoms with Crippen LogP contribution in [0.25, 0.3) is 0 Å². The number of hydrogen-bond donors (Lipinski definition) is 1. The van der Waals surface area contributed by atoms with Crippen LogP contribution in [-0.4, -0.2) is 38.0 Å². The number of benzene rings is 2. The molecular weight excluding hydrogens is 372 g/mol. The second kappa shape index (κ2) is 9.16. The van der Waals surface area contributed by atoms with E-state index < -0.39 is 10.0 Å². The fraction of sp³-hybridized carbons (Fsp3) is 0.316. The number of halogens is 1. The Morgan fingerprint density at radius 1 is 1.15 bits per heavy atom. The lowest BCUT2D eigenvalue weighted by Gasteiger charge is -2.20. The molecule has 0 aliphatic carbocycles. The van der Waals surface area contributed by atoms with Crippen LogP contribution in [0.4, 0.5) is 5.69 Å². The van der Waals surface area contributed by atoms with Crippen LogP contribution in [0.15, 0.2) is 48.5 Å². The Bertz CT molecular complexity index is 869. The highest BCUT2D eigenvalue weighted by Gasteiger charge is 2.20. The highest BCUT2D eigenvalue weighted by Crippen LogP contribution is 2.16. The Kier molecular flexibility index (Phi) is 7.20. The monoisotopic (exact) mass is 394 g/mol. The van der Waals surface area contributed by atoms with Crippen molar-refractivity contribution in [2.24, 2.45) is 0 Å². The van der Waals surface area contributed by atoms with Gasteiger partial charge in [0.2, 0.25) is 15.9 Å². The molecule has 140 valence electrons. The first-order chi connectivity index (χ1) is 12.3. The minimum Gasteiger partial charge on any atom is -0.325 e. The van der Waals surface area contributed by atoms with E-state index in [2.05, 4.69) is 5.32 Å². The number of anilines is 1. The Hall–Kier alpha value is -1.89. The minimum atomic E-state index is -3.51. The molecule has 2 aromatic carbocycles. The zero-order valence-corrected chi connectivity index (χ0v) is 16.5. The predicted octanol–water partition coefficient (Wildman–Crippen LogP) is 3.35. The standard InChI is InChI=1S/C19H23ClN2O3S/c1-3-16-8-4-5-10-18(16)21-19(23)14-22(26(2,24)25)12-11-15-7-6-9-17(20)13-15/h4-10,13H,3,11-12,14H2,1-2H3,(H,21,23). The molecule has 0 aliphatic rings. The van der Waals surface area contributed by atoms with Crippen molar-refractivity contribution in [3.63, 3.8) is 0 Å². The van der Waals surface area contributed by atoms with Gasteiger partial charge in [0.1, 0.15) is 0 Å². The molecule has 26 heavy (non-hydrogen) atoms. The van der Waals surface area contributed by atoms with Gasteiger partial charge >= 0.3 is 0 Å². The summed E-state index contributed by atoms with van der Waals surface area (Å²) in [5.74, 6) is -0.359. The van der Waals surface area contributed by atoms with Crippen molar-refractivity contribution in [3.8, 4) is 0 Å². The Morgan fingerprint density at radius 2 is 1.88 bits per heavy atom. The molecule has 2 aromatic rings. The summed E-state index contributed by atoms with van der Waals surface area (Å²) in [7, 11) is -3.51. The van der Waals surface area contributed by atoms with Crippen molar-refractivity contribution in [1.82, 2.24) is 4.31 Å². The maximum Gasteiger partial charge on any atom is 0.239 e. The largest absolute Gasteiger partial charge is 0.325 e. The summed E-state index contributed by atoms with van der Waals surface area (Å²) in [6, 6.07) is 14.7. The van der Waals surface area contributed by atoms with Crippen LogP contribution in [0.1, 0.15) is 18.1 Å². The molecule has 0 bridgehead atoms. The number of nitrogens with zero attached hydrogens (tertiary/aromatic N) is 1. The van der Waals surface area contributed by atoms with Gasteiger partial charge in [-0.1, -0.05) is 48.9 Å². The van der Waals surface area contributed by atoms with Crippen molar-refractivity contribution in [2.45, 2.75) is 19.8 Å². The van der Waals surface area contributed by atoms with Gasteiger partial charge in [0, 0.05) is 17.3 Å². The van der Waals surface area contributed by atoms with E-state index in [0.717, 1.165) is 23.8 Å². The number of rotatable bonds is 8. The van der Waals surface area contributed by atoms with Crippen LogP contribution in [0.2, 0.25) is 5.02 Å². The lowest BCUT2D eigenvalue weighted by atomic mass is 10.1. The Balaban J connectivity index is 2.04. The topological polar surface area (TPSA) is 66.5 Å². The number of carbonyl (C=O) groups excluding carboxylic acids is 1. The van der Waals surface area contributed by atoms with E-state index in [9.17, 15) is 13.2 Å². The van der Waals surface area contributed by atoms with Gasteiger partial charge in [-0.2, -0.15) is 4.31 Å². The lowest BCUT2D eigenvalue weighted by molar-refractivity contribution is -0.116. The van der Waals surface area contributed by atoms with Crippen molar-refractivity contribution < 1.29 is 13.2 Å². The normalized spacial score (nSPS) is 11.5. The summed E-state index contributed by atoms with van der Waals surface area (Å²) < 4.78 is 25.3. The number of para-hydroxylation sites is 1. The number of amides is 1. The van der Waals surface area contributed by atoms with Crippen LogP contribution in [-0.2, 0) is 27.7 Å². The Labute approximate surface area is 160 Å². The van der Waals surface area contributed by atoms with Crippen molar-refractivity contribution in [3.05, 3.63) is 64.7 Å². The molecule has 0 aromatic heterocycles. The van der Waals surface area contributed by atoms with E-state index in [1.807, 2.05) is 43.3 Å². The number of hydrogen-bond acceptors (Lipinski definition) is 3. The zero-order valence-electron chi connectivity index (χ0n) is 14.9. The number of sulfonamides is 1. The molecule has 0 saturated carbocycles. The molecule has 0 saturated heterocycles. The van der Waals surface area contributed by atoms with Crippen LogP contribution < -0.4 is 5.32 Å². The van der Waals surface area contributed by atoms with Gasteiger partial charge in [-0.05, 0) is 42.2 Å². The molecule has 1 N–H and O–H groups in total. The van der Waals surface area contributed by atoms with Crippen LogP contribution in [0.3, 0.4) is 0 Å². The summed E-state index contributed by atoms with van der Waals surface area (Å²) >= 11 is 5.96. The molecule has 7 heteroatoms. The first kappa shape index (κ1) is 20.4. The highest BCUT2D eigenvalue weighted by molar-refractivity contribution is 7.88. The van der Waals surface area contributed by atoms with E-state index in [1.165, 1.54) is 4.31 Å². The molecule has 0 atom stereocenters. The van der Waals surface area contributed by atoms with Gasteiger partial charge in [0.05, 0.1) is 12.8 Å². The summed E-state index contributed by atoms with van der Waals surface area (Å²) in [6.07, 6.45) is 2.37. The molecule has 1 amide bonds. The molecule has 2 rings (SSSR count). The van der Waals surface area contributed by atoms with Crippen molar-refractivity contribution >= 4 is 33.2 Å². The molecule has 0 spiro atoms. The second-order valence-corrected chi connectivity index (χ2v) is 8.45. The summed E-state index contributed by atoms with van der Waals surface area (Å²) in [6.45, 7) is 1.98. The minimum absolute atomic E-state index is 0.210. The second-order valence-electron chi connectivity index (χ2n) is 6.04. The highest BCUT2D eigenvalue weighted by atomic mass is 35.5. The van der Waals surface area contributed by atoms with Gasteiger partial charge < -0.3 is 5.32 Å². The first-order valence-electron chi connectivity index (χ1n) is 8.37. The van der Waals surface area contributed by atoms with Gasteiger partial charge in [-0.15, -0.1) is 0 Å². The third-order valence-electron chi connectivity index (χ3n) is 4.00. The van der Waals surface area contributed by atoms with E-state index >= 15 is 0 Å². The Morgan fingerprint density at radius 3 is 2.54 bits per heavy atom. The molecule has 0 fully saturated rings. The van der Waals surface area contributed by atoms with Crippen molar-refractivity contribution in [1.29, 1.82) is 0 Å². The summed E-state index contributed by atoms with van der Waals surface area (Å²) in [5.41, 5.74) is 2.64. The third-order valence-corrected chi connectivity index (χ3v) is 5.49. The fourth-order valence-corrected chi connectivity index (χ4v) is 3.60. The number of nitrogens with one attached hydrogen (secondary N) is 1. The molecule has 0 heterocycles. The molecule has 5 nitrogen and oxygen atoms in total. The van der Waals surface area contributed by atoms with E-state index in [1.54, 1.807) is 12.1 Å². The zero-order chi connectivity index (χ0) is 19.2. The van der Waals surface area contributed by atoms with Crippen LogP contribution in [0.5, 0.6) is 0 Å². The quantitative estimate of drug-likeness (QED) is 0.746. The maximum absolute atomic E-state index is 12.4. The fourth-order valence-electron chi connectivity index (χ4n) is 2.61. The molecule has 0 radical (unpaired) electrons. The SMILES string of the molecule is CCc1ccccc1NC(=O)CN(CCc1cccc(Cl)c1)S(C)(=O)=O. The van der Waals surface area contributed by atoms with Gasteiger partial charge in [0.15, 0.2) is 0 Å². The average Bonchev–Trinajstić information content (AvgIpc) is 2.58. The molecule has 0 aliphatic heterocycles. The van der Waals surface area contributed by atoms with E-state index in [4.69, 9.17) is 11.6 Å². The van der Waals surface area contributed by atoms with Gasteiger partial charge in [0.25, 0.3) is 0 Å². The maximum atomic E-state index is 12.4. The number of carbonyl (C=O) groups is 1.